The van der Waals surface area contributed by atoms with Crippen LogP contribution in [0, 0.1) is 0 Å². The van der Waals surface area contributed by atoms with Gasteiger partial charge in [0.1, 0.15) is 0 Å². The molecule has 0 unspecified atom stereocenters. The third kappa shape index (κ3) is 5.45. The first-order valence-corrected chi connectivity index (χ1v) is 5.52. The molecule has 0 aliphatic heterocycles. The number of alkyl halides is 6. The zero-order valence-corrected chi connectivity index (χ0v) is 9.40. The van der Waals surface area contributed by atoms with Crippen LogP contribution >= 0.6 is 34.8 Å². The summed E-state index contributed by atoms with van der Waals surface area (Å²) in [6.07, 6.45) is -5.96. The van der Waals surface area contributed by atoms with Gasteiger partial charge in [0, 0.05) is 0 Å². The molecule has 0 radical (unpaired) electrons. The van der Waals surface area contributed by atoms with E-state index >= 15 is 0 Å². The summed E-state index contributed by atoms with van der Waals surface area (Å²) >= 11 is 14.7. The normalized spacial score (nSPS) is 14.4. The molecule has 0 saturated carbocycles. The molecule has 0 aromatic heterocycles. The molecule has 0 aromatic rings. The second-order valence-electron chi connectivity index (χ2n) is 2.09. The predicted molar refractivity (Wildman–Crippen MR) is 45.8 cm³/mol. The molecule has 14 heavy (non-hydrogen) atoms. The van der Waals surface area contributed by atoms with E-state index in [4.69, 9.17) is 34.8 Å². The Kier molecular flexibility index (Phi) is 4.80. The third-order valence-corrected chi connectivity index (χ3v) is 3.65. The van der Waals surface area contributed by atoms with E-state index in [-0.39, 0.29) is 0 Å². The van der Waals surface area contributed by atoms with Crippen molar-refractivity contribution in [3.05, 3.63) is 0 Å². The van der Waals surface area contributed by atoms with E-state index in [1.165, 1.54) is 0 Å². The van der Waals surface area contributed by atoms with Crippen LogP contribution in [-0.2, 0) is 14.3 Å². The minimum atomic E-state index is -4.62. The van der Waals surface area contributed by atoms with Gasteiger partial charge in [-0.05, 0) is 0 Å². The lowest BCUT2D eigenvalue weighted by atomic mass is 10.5. The summed E-state index contributed by atoms with van der Waals surface area (Å²) in [5, 5.41) is 0. The van der Waals surface area contributed by atoms with Crippen molar-refractivity contribution in [3.8, 4) is 0 Å². The molecule has 0 aliphatic rings. The number of rotatable bonds is 3. The monoisotopic (exact) mass is 294 g/mol. The van der Waals surface area contributed by atoms with E-state index in [0.717, 1.165) is 0 Å². The van der Waals surface area contributed by atoms with Crippen molar-refractivity contribution >= 4 is 44.9 Å². The lowest BCUT2D eigenvalue weighted by Crippen LogP contribution is -2.24. The van der Waals surface area contributed by atoms with Crippen LogP contribution in [0.1, 0.15) is 6.42 Å². The van der Waals surface area contributed by atoms with E-state index in [9.17, 15) is 21.6 Å². The van der Waals surface area contributed by atoms with Gasteiger partial charge in [-0.3, -0.25) is 4.18 Å². The number of halogens is 6. The van der Waals surface area contributed by atoms with Crippen molar-refractivity contribution in [1.29, 1.82) is 0 Å². The fraction of sp³-hybridized carbons (Fsp3) is 1.00. The van der Waals surface area contributed by atoms with Crippen molar-refractivity contribution in [2.75, 3.05) is 6.61 Å². The van der Waals surface area contributed by atoms with Crippen LogP contribution in [0.3, 0.4) is 0 Å². The van der Waals surface area contributed by atoms with Crippen molar-refractivity contribution in [1.82, 2.24) is 0 Å². The van der Waals surface area contributed by atoms with Crippen molar-refractivity contribution in [3.63, 3.8) is 0 Å². The summed E-state index contributed by atoms with van der Waals surface area (Å²) in [6, 6.07) is 0. The van der Waals surface area contributed by atoms with Crippen LogP contribution in [0.25, 0.3) is 0 Å². The van der Waals surface area contributed by atoms with E-state index in [2.05, 4.69) is 4.18 Å². The molecule has 0 rings (SSSR count). The third-order valence-electron chi connectivity index (χ3n) is 0.907. The Bertz CT molecular complexity index is 280. The maximum atomic E-state index is 11.6. The first kappa shape index (κ1) is 14.6. The van der Waals surface area contributed by atoms with Crippen LogP contribution in [0.2, 0.25) is 0 Å². The van der Waals surface area contributed by atoms with Gasteiger partial charge in [-0.25, -0.2) is 0 Å². The van der Waals surface area contributed by atoms with Gasteiger partial charge in [-0.1, -0.05) is 34.8 Å². The van der Waals surface area contributed by atoms with E-state index in [1.54, 1.807) is 0 Å². The Hall–Kier alpha value is 0.570. The zero-order valence-electron chi connectivity index (χ0n) is 6.31. The topological polar surface area (TPSA) is 43.4 Å². The highest BCUT2D eigenvalue weighted by Gasteiger charge is 2.40. The molecular weight excluding hydrogens is 291 g/mol. The summed E-state index contributed by atoms with van der Waals surface area (Å²) in [5.41, 5.74) is 0. The first-order chi connectivity index (χ1) is 5.96. The Morgan fingerprint density at radius 1 is 1.14 bits per heavy atom. The highest BCUT2D eigenvalue weighted by atomic mass is 35.6. The van der Waals surface area contributed by atoms with Crippen molar-refractivity contribution in [2.24, 2.45) is 0 Å². The van der Waals surface area contributed by atoms with Crippen LogP contribution in [0.15, 0.2) is 0 Å². The van der Waals surface area contributed by atoms with Crippen LogP contribution in [0.5, 0.6) is 0 Å². The molecule has 0 amide bonds. The highest BCUT2D eigenvalue weighted by Crippen LogP contribution is 2.34. The Balaban J connectivity index is 4.17. The van der Waals surface area contributed by atoms with Gasteiger partial charge in [-0.2, -0.15) is 21.6 Å². The van der Waals surface area contributed by atoms with Crippen molar-refractivity contribution < 1.29 is 25.8 Å². The largest absolute Gasteiger partial charge is 0.391 e. The van der Waals surface area contributed by atoms with Crippen LogP contribution in [-0.4, -0.2) is 24.3 Å². The fourth-order valence-corrected chi connectivity index (χ4v) is 1.17. The zero-order chi connectivity index (χ0) is 11.6. The highest BCUT2D eigenvalue weighted by molar-refractivity contribution is 7.92. The molecule has 0 bridgehead atoms. The van der Waals surface area contributed by atoms with Crippen molar-refractivity contribution in [2.45, 2.75) is 15.7 Å². The maximum absolute atomic E-state index is 11.6. The Morgan fingerprint density at radius 2 is 1.57 bits per heavy atom. The van der Waals surface area contributed by atoms with Gasteiger partial charge in [0.05, 0.1) is 13.0 Å². The Labute approximate surface area is 93.2 Å². The molecule has 0 N–H and O–H groups in total. The summed E-state index contributed by atoms with van der Waals surface area (Å²) in [5.74, 6) is 0. The van der Waals surface area contributed by atoms with Gasteiger partial charge in [0.15, 0.2) is 0 Å². The summed E-state index contributed by atoms with van der Waals surface area (Å²) in [7, 11) is -4.62. The van der Waals surface area contributed by atoms with Gasteiger partial charge in [0.2, 0.25) is 0 Å². The average Bonchev–Trinajstić information content (AvgIpc) is 1.80. The fourth-order valence-electron chi connectivity index (χ4n) is 0.334. The van der Waals surface area contributed by atoms with E-state index in [1.807, 2.05) is 0 Å². The second-order valence-corrected chi connectivity index (χ2v) is 6.80. The summed E-state index contributed by atoms with van der Waals surface area (Å²) in [6.45, 7) is -1.11. The quantitative estimate of drug-likeness (QED) is 0.594. The molecule has 0 spiro atoms. The lowest BCUT2D eigenvalue weighted by Gasteiger charge is -2.12. The molecule has 3 nitrogen and oxygen atoms in total. The SMILES string of the molecule is O=S(=O)(OCCC(F)(F)F)C(Cl)(Cl)Cl. The second kappa shape index (κ2) is 4.61. The molecule has 86 valence electrons. The summed E-state index contributed by atoms with van der Waals surface area (Å²) < 4.78 is 57.2. The summed E-state index contributed by atoms with van der Waals surface area (Å²) in [4.78, 5) is 0. The smallest absolute Gasteiger partial charge is 0.266 e. The average molecular weight is 295 g/mol. The Morgan fingerprint density at radius 3 is 1.86 bits per heavy atom. The molecule has 10 heteroatoms. The number of hydrogen-bond donors (Lipinski definition) is 0. The molecule has 0 saturated heterocycles. The first-order valence-electron chi connectivity index (χ1n) is 2.98. The predicted octanol–water partition coefficient (Wildman–Crippen LogP) is 2.61. The number of hydrogen-bond acceptors (Lipinski definition) is 3. The van der Waals surface area contributed by atoms with Gasteiger partial charge >= 0.3 is 19.4 Å². The van der Waals surface area contributed by atoms with E-state index in [0.29, 0.717) is 0 Å². The van der Waals surface area contributed by atoms with Gasteiger partial charge < -0.3 is 0 Å². The van der Waals surface area contributed by atoms with Crippen LogP contribution < -0.4 is 0 Å². The lowest BCUT2D eigenvalue weighted by molar-refractivity contribution is -0.139. The van der Waals surface area contributed by atoms with E-state index < -0.39 is 32.4 Å². The molecule has 0 fully saturated rings. The molecule has 0 heterocycles. The van der Waals surface area contributed by atoms with Gasteiger partial charge in [-0.15, -0.1) is 0 Å². The maximum Gasteiger partial charge on any atom is 0.391 e. The van der Waals surface area contributed by atoms with Crippen LogP contribution in [0.4, 0.5) is 13.2 Å². The minimum Gasteiger partial charge on any atom is -0.266 e. The minimum absolute atomic E-state index is 1.11. The standard InChI is InChI=1S/C4H4Cl3F3O3S/c5-4(6,7)14(11,12)13-2-1-3(8,9)10/h1-2H2. The molecular formula is C4H4Cl3F3O3S. The van der Waals surface area contributed by atoms with Gasteiger partial charge in [0.25, 0.3) is 0 Å². The molecule has 0 aliphatic carbocycles. The molecule has 0 aromatic carbocycles. The molecule has 0 atom stereocenters.